The molecule has 5 heteroatoms. The van der Waals surface area contributed by atoms with Crippen molar-refractivity contribution >= 4 is 22.8 Å². The van der Waals surface area contributed by atoms with Gasteiger partial charge in [-0.05, 0) is 23.9 Å². The maximum Gasteiger partial charge on any atom is 0.135 e. The summed E-state index contributed by atoms with van der Waals surface area (Å²) in [6.45, 7) is 0. The topological polar surface area (TPSA) is 54.5 Å². The molecule has 64 valence electrons. The van der Waals surface area contributed by atoms with Gasteiger partial charge in [-0.3, -0.25) is 0 Å². The van der Waals surface area contributed by atoms with Crippen molar-refractivity contribution in [2.45, 2.75) is 5.88 Å². The number of thiocyanates is 1. The lowest BCUT2D eigenvalue weighted by molar-refractivity contribution is 0.724. The zero-order valence-corrected chi connectivity index (χ0v) is 7.53. The molecule has 0 radical (unpaired) electrons. The highest BCUT2D eigenvalue weighted by Gasteiger charge is 2.01. The Morgan fingerprint density at radius 2 is 2.31 bits per heavy atom. The van der Waals surface area contributed by atoms with E-state index in [-0.39, 0.29) is 0 Å². The number of rotatable bonds is 2. The van der Waals surface area contributed by atoms with Crippen LogP contribution in [0.4, 0.5) is 0 Å². The number of para-hydroxylation sites is 1. The summed E-state index contributed by atoms with van der Waals surface area (Å²) in [5.74, 6) is 0.525. The van der Waals surface area contributed by atoms with E-state index in [0.717, 1.165) is 22.8 Å². The summed E-state index contributed by atoms with van der Waals surface area (Å²) in [6.07, 6.45) is 0. The molecule has 0 atom stereocenters. The lowest BCUT2D eigenvalue weighted by atomic mass is 10.3. The van der Waals surface area contributed by atoms with Crippen LogP contribution in [0.25, 0.3) is 11.0 Å². The summed E-state index contributed by atoms with van der Waals surface area (Å²) in [4.78, 5) is 0. The molecule has 0 unspecified atom stereocenters. The van der Waals surface area contributed by atoms with E-state index < -0.39 is 0 Å². The van der Waals surface area contributed by atoms with Gasteiger partial charge in [-0.25, -0.2) is 4.68 Å². The minimum absolute atomic E-state index is 0.525. The largest absolute Gasteiger partial charge is 0.234 e. The first-order valence-electron chi connectivity index (χ1n) is 3.71. The maximum atomic E-state index is 8.39. The number of hydrogen-bond donors (Lipinski definition) is 0. The van der Waals surface area contributed by atoms with Crippen molar-refractivity contribution in [2.24, 2.45) is 0 Å². The Morgan fingerprint density at radius 1 is 1.46 bits per heavy atom. The molecule has 0 bridgehead atoms. The molecule has 4 nitrogen and oxygen atoms in total. The van der Waals surface area contributed by atoms with Gasteiger partial charge in [-0.2, -0.15) is 5.26 Å². The highest BCUT2D eigenvalue weighted by atomic mass is 32.2. The number of fused-ring (bicyclic) bond motifs is 1. The van der Waals surface area contributed by atoms with Gasteiger partial charge in [0.25, 0.3) is 0 Å². The molecule has 1 aromatic heterocycles. The summed E-state index contributed by atoms with van der Waals surface area (Å²) < 4.78 is 1.71. The fraction of sp³-hybridized carbons (Fsp3) is 0.125. The molecule has 0 aliphatic heterocycles. The monoisotopic (exact) mass is 190 g/mol. The molecule has 1 aromatic carbocycles. The van der Waals surface area contributed by atoms with E-state index >= 15 is 0 Å². The predicted octanol–water partition coefficient (Wildman–Crippen LogP) is 1.60. The quantitative estimate of drug-likeness (QED) is 0.675. The number of thioether (sulfide) groups is 1. The lowest BCUT2D eigenvalue weighted by Crippen LogP contribution is -1.95. The van der Waals surface area contributed by atoms with Crippen LogP contribution >= 0.6 is 11.8 Å². The Balaban J connectivity index is 2.41. The van der Waals surface area contributed by atoms with Gasteiger partial charge in [0.05, 0.1) is 5.52 Å². The first kappa shape index (κ1) is 8.08. The lowest BCUT2D eigenvalue weighted by Gasteiger charge is -1.94. The van der Waals surface area contributed by atoms with E-state index in [0.29, 0.717) is 5.88 Å². The molecule has 2 aromatic rings. The maximum absolute atomic E-state index is 8.39. The van der Waals surface area contributed by atoms with Gasteiger partial charge in [-0.1, -0.05) is 17.3 Å². The van der Waals surface area contributed by atoms with Crippen LogP contribution in [0.1, 0.15) is 0 Å². The van der Waals surface area contributed by atoms with Crippen LogP contribution in [-0.2, 0) is 5.88 Å². The third-order valence-electron chi connectivity index (χ3n) is 1.67. The van der Waals surface area contributed by atoms with Crippen molar-refractivity contribution in [1.29, 1.82) is 5.26 Å². The third kappa shape index (κ3) is 1.48. The number of nitriles is 1. The van der Waals surface area contributed by atoms with Crippen LogP contribution in [0.15, 0.2) is 24.3 Å². The summed E-state index contributed by atoms with van der Waals surface area (Å²) in [6, 6.07) is 7.68. The predicted molar refractivity (Wildman–Crippen MR) is 50.7 cm³/mol. The van der Waals surface area contributed by atoms with E-state index in [9.17, 15) is 0 Å². The van der Waals surface area contributed by atoms with Gasteiger partial charge in [0.2, 0.25) is 0 Å². The van der Waals surface area contributed by atoms with Gasteiger partial charge < -0.3 is 0 Å². The van der Waals surface area contributed by atoms with Crippen molar-refractivity contribution in [1.82, 2.24) is 15.0 Å². The highest BCUT2D eigenvalue weighted by Crippen LogP contribution is 2.12. The molecular formula is C8H6N4S. The zero-order chi connectivity index (χ0) is 9.10. The summed E-state index contributed by atoms with van der Waals surface area (Å²) in [5, 5.41) is 18.3. The highest BCUT2D eigenvalue weighted by molar-refractivity contribution is 8.02. The minimum Gasteiger partial charge on any atom is -0.234 e. The van der Waals surface area contributed by atoms with Gasteiger partial charge in [0.1, 0.15) is 16.8 Å². The van der Waals surface area contributed by atoms with Gasteiger partial charge in [0, 0.05) is 0 Å². The first-order valence-corrected chi connectivity index (χ1v) is 4.69. The average molecular weight is 190 g/mol. The SMILES string of the molecule is N#CSCn1nnc2ccccc21. The molecule has 0 saturated heterocycles. The Hall–Kier alpha value is -1.54. The Labute approximate surface area is 79.2 Å². The minimum atomic E-state index is 0.525. The second-order valence-corrected chi connectivity index (χ2v) is 3.17. The summed E-state index contributed by atoms with van der Waals surface area (Å²) in [5.41, 5.74) is 1.83. The molecule has 0 amide bonds. The van der Waals surface area contributed by atoms with Crippen LogP contribution < -0.4 is 0 Å². The van der Waals surface area contributed by atoms with Crippen LogP contribution in [0.3, 0.4) is 0 Å². The first-order chi connectivity index (χ1) is 6.42. The number of nitrogens with zero attached hydrogens (tertiary/aromatic N) is 4. The number of aromatic nitrogens is 3. The van der Waals surface area contributed by atoms with E-state index in [4.69, 9.17) is 5.26 Å². The van der Waals surface area contributed by atoms with Crippen LogP contribution in [-0.4, -0.2) is 15.0 Å². The van der Waals surface area contributed by atoms with Crippen molar-refractivity contribution in [2.75, 3.05) is 0 Å². The van der Waals surface area contributed by atoms with E-state index in [1.165, 1.54) is 0 Å². The van der Waals surface area contributed by atoms with Crippen LogP contribution in [0.5, 0.6) is 0 Å². The zero-order valence-electron chi connectivity index (χ0n) is 6.71. The van der Waals surface area contributed by atoms with E-state index in [2.05, 4.69) is 10.3 Å². The Morgan fingerprint density at radius 3 is 3.15 bits per heavy atom. The van der Waals surface area contributed by atoms with Crippen LogP contribution in [0, 0.1) is 10.7 Å². The molecule has 0 fully saturated rings. The van der Waals surface area contributed by atoms with Crippen LogP contribution in [0.2, 0.25) is 0 Å². The van der Waals surface area contributed by atoms with E-state index in [1.807, 2.05) is 29.7 Å². The third-order valence-corrected chi connectivity index (χ3v) is 2.17. The summed E-state index contributed by atoms with van der Waals surface area (Å²) in [7, 11) is 0. The summed E-state index contributed by atoms with van der Waals surface area (Å²) >= 11 is 1.15. The molecule has 0 N–H and O–H groups in total. The average Bonchev–Trinajstić information content (AvgIpc) is 2.58. The second-order valence-electron chi connectivity index (χ2n) is 2.44. The normalized spacial score (nSPS) is 10.1. The molecule has 2 rings (SSSR count). The standard InChI is InChI=1S/C8H6N4S/c9-5-13-6-12-8-4-2-1-3-7(8)10-11-12/h1-4H,6H2. The van der Waals surface area contributed by atoms with Crippen molar-refractivity contribution in [3.63, 3.8) is 0 Å². The van der Waals surface area contributed by atoms with Crippen molar-refractivity contribution < 1.29 is 0 Å². The molecule has 0 spiro atoms. The van der Waals surface area contributed by atoms with Crippen molar-refractivity contribution in [3.05, 3.63) is 24.3 Å². The van der Waals surface area contributed by atoms with Gasteiger partial charge >= 0.3 is 0 Å². The number of hydrogen-bond acceptors (Lipinski definition) is 4. The fourth-order valence-corrected chi connectivity index (χ4v) is 1.47. The van der Waals surface area contributed by atoms with Crippen molar-refractivity contribution in [3.8, 4) is 5.40 Å². The number of benzene rings is 1. The smallest absolute Gasteiger partial charge is 0.135 e. The van der Waals surface area contributed by atoms with Gasteiger partial charge in [-0.15, -0.1) is 5.10 Å². The molecule has 13 heavy (non-hydrogen) atoms. The molecule has 0 saturated carbocycles. The molecule has 0 aliphatic rings. The molecule has 0 aliphatic carbocycles. The fourth-order valence-electron chi connectivity index (χ4n) is 1.10. The Kier molecular flexibility index (Phi) is 2.15. The Bertz CT molecular complexity index is 456. The van der Waals surface area contributed by atoms with Gasteiger partial charge in [0.15, 0.2) is 0 Å². The molecule has 1 heterocycles. The second kappa shape index (κ2) is 3.46. The van der Waals surface area contributed by atoms with E-state index in [1.54, 1.807) is 4.68 Å². The molecular weight excluding hydrogens is 184 g/mol.